The molecule has 33 heavy (non-hydrogen) atoms. The van der Waals surface area contributed by atoms with Crippen LogP contribution in [0.15, 0.2) is 53.3 Å². The zero-order valence-corrected chi connectivity index (χ0v) is 16.8. The number of alkyl halides is 6. The maximum atomic E-state index is 13.2. The summed E-state index contributed by atoms with van der Waals surface area (Å²) in [6.07, 6.45) is -8.04. The molecule has 0 aliphatic heterocycles. The lowest BCUT2D eigenvalue weighted by molar-refractivity contribution is -0.138. The summed E-state index contributed by atoms with van der Waals surface area (Å²) in [5.74, 6) is -0.833. The number of hydrogen-bond acceptors (Lipinski definition) is 4. The Balaban J connectivity index is 1.73. The number of fused-ring (bicyclic) bond motifs is 1. The van der Waals surface area contributed by atoms with Crippen LogP contribution in [-0.2, 0) is 18.9 Å². The quantitative estimate of drug-likeness (QED) is 0.392. The third kappa shape index (κ3) is 4.54. The summed E-state index contributed by atoms with van der Waals surface area (Å²) < 4.78 is 84.1. The molecule has 1 amide bonds. The van der Waals surface area contributed by atoms with Crippen LogP contribution in [0.2, 0.25) is 0 Å². The molecule has 0 radical (unpaired) electrons. The smallest absolute Gasteiger partial charge is 0.364 e. The van der Waals surface area contributed by atoms with Crippen molar-refractivity contribution < 1.29 is 35.7 Å². The van der Waals surface area contributed by atoms with E-state index in [2.05, 4.69) is 15.6 Å². The number of anilines is 1. The summed E-state index contributed by atoms with van der Waals surface area (Å²) in [6.45, 7) is 1.48. The molecule has 172 valence electrons. The Bertz CT molecular complexity index is 1320. The van der Waals surface area contributed by atoms with Crippen molar-refractivity contribution in [2.45, 2.75) is 25.8 Å². The first-order valence-corrected chi connectivity index (χ1v) is 9.39. The van der Waals surface area contributed by atoms with Crippen LogP contribution in [0.1, 0.15) is 32.7 Å². The molecule has 2 aromatic heterocycles. The average Bonchev–Trinajstić information content (AvgIpc) is 3.30. The summed E-state index contributed by atoms with van der Waals surface area (Å²) in [5, 5.41) is 10.3. The van der Waals surface area contributed by atoms with E-state index in [1.54, 1.807) is 0 Å². The Kier molecular flexibility index (Phi) is 5.38. The normalized spacial score (nSPS) is 12.3. The third-order valence-electron chi connectivity index (χ3n) is 4.92. The zero-order valence-electron chi connectivity index (χ0n) is 16.8. The molecule has 6 nitrogen and oxygen atoms in total. The molecule has 0 aliphatic carbocycles. The van der Waals surface area contributed by atoms with Gasteiger partial charge in [0.2, 0.25) is 0 Å². The Morgan fingerprint density at radius 3 is 2.21 bits per heavy atom. The Morgan fingerprint density at radius 1 is 1.00 bits per heavy atom. The van der Waals surface area contributed by atoms with E-state index < -0.39 is 29.4 Å². The predicted octanol–water partition coefficient (Wildman–Crippen LogP) is 5.67. The molecule has 0 saturated carbocycles. The number of carbonyl (C=O) groups is 1. The van der Waals surface area contributed by atoms with Crippen LogP contribution in [0.4, 0.5) is 32.2 Å². The highest BCUT2D eigenvalue weighted by Crippen LogP contribution is 2.34. The van der Waals surface area contributed by atoms with E-state index in [-0.39, 0.29) is 34.5 Å². The van der Waals surface area contributed by atoms with Gasteiger partial charge >= 0.3 is 12.4 Å². The predicted molar refractivity (Wildman–Crippen MR) is 104 cm³/mol. The van der Waals surface area contributed by atoms with Gasteiger partial charge in [-0.2, -0.15) is 31.4 Å². The molecular formula is C21H14F6N4O2. The summed E-state index contributed by atoms with van der Waals surface area (Å²) in [6, 6.07) is 7.21. The lowest BCUT2D eigenvalue weighted by Crippen LogP contribution is -2.13. The minimum atomic E-state index is -4.63. The van der Waals surface area contributed by atoms with Crippen LogP contribution >= 0.6 is 0 Å². The van der Waals surface area contributed by atoms with Gasteiger partial charge in [-0.3, -0.25) is 9.48 Å². The van der Waals surface area contributed by atoms with E-state index in [0.29, 0.717) is 5.56 Å². The average molecular weight is 468 g/mol. The van der Waals surface area contributed by atoms with Crippen LogP contribution in [0.3, 0.4) is 0 Å². The first-order chi connectivity index (χ1) is 15.4. The maximum Gasteiger partial charge on any atom is 0.416 e. The number of benzene rings is 2. The monoisotopic (exact) mass is 468 g/mol. The van der Waals surface area contributed by atoms with Crippen LogP contribution in [0, 0.1) is 6.92 Å². The molecule has 0 saturated heterocycles. The van der Waals surface area contributed by atoms with Crippen molar-refractivity contribution in [1.82, 2.24) is 14.9 Å². The van der Waals surface area contributed by atoms with E-state index in [4.69, 9.17) is 4.52 Å². The van der Waals surface area contributed by atoms with Crippen molar-refractivity contribution in [2.24, 2.45) is 0 Å². The highest BCUT2D eigenvalue weighted by atomic mass is 19.4. The van der Waals surface area contributed by atoms with Crippen LogP contribution in [0.5, 0.6) is 0 Å². The lowest BCUT2D eigenvalue weighted by Gasteiger charge is -2.09. The Morgan fingerprint density at radius 2 is 1.64 bits per heavy atom. The Hall–Kier alpha value is -3.83. The maximum absolute atomic E-state index is 13.2. The van der Waals surface area contributed by atoms with Gasteiger partial charge in [0, 0.05) is 5.39 Å². The van der Waals surface area contributed by atoms with Crippen molar-refractivity contribution in [3.63, 3.8) is 0 Å². The van der Waals surface area contributed by atoms with Gasteiger partial charge in [-0.25, -0.2) is 0 Å². The number of nitrogens with one attached hydrogen (secondary N) is 1. The second-order valence-corrected chi connectivity index (χ2v) is 7.20. The van der Waals surface area contributed by atoms with E-state index in [0.717, 1.165) is 30.5 Å². The minimum Gasteiger partial charge on any atom is -0.364 e. The van der Waals surface area contributed by atoms with Gasteiger partial charge in [-0.15, -0.1) is 0 Å². The van der Waals surface area contributed by atoms with Crippen molar-refractivity contribution in [2.75, 3.05) is 5.32 Å². The molecule has 0 spiro atoms. The number of carbonyl (C=O) groups excluding carboxylic acids is 1. The number of amides is 1. The number of hydrogen-bond donors (Lipinski definition) is 1. The van der Waals surface area contributed by atoms with Gasteiger partial charge in [0.15, 0.2) is 5.82 Å². The van der Waals surface area contributed by atoms with Crippen LogP contribution in [0.25, 0.3) is 10.9 Å². The van der Waals surface area contributed by atoms with Crippen LogP contribution < -0.4 is 5.32 Å². The Labute approximate surface area is 181 Å². The van der Waals surface area contributed by atoms with E-state index in [1.165, 1.54) is 29.8 Å². The first-order valence-electron chi connectivity index (χ1n) is 9.39. The molecule has 0 aliphatic rings. The minimum absolute atomic E-state index is 0.0131. The van der Waals surface area contributed by atoms with E-state index in [1.807, 2.05) is 0 Å². The topological polar surface area (TPSA) is 73.0 Å². The standard InChI is InChI=1S/C21H14F6N4O2/c1-11-16(10-33-30-11)19(32)28-18-15-8-14(21(25,26)27)6-7-17(15)31(29-18)9-12-2-4-13(5-3-12)20(22,23)24/h2-8,10H,9H2,1H3,(H,28,29,32). The molecule has 2 heterocycles. The largest absolute Gasteiger partial charge is 0.416 e. The number of nitrogens with zero attached hydrogens (tertiary/aromatic N) is 3. The summed E-state index contributed by atoms with van der Waals surface area (Å²) in [4.78, 5) is 12.5. The molecule has 12 heteroatoms. The number of rotatable bonds is 4. The molecule has 0 bridgehead atoms. The third-order valence-corrected chi connectivity index (χ3v) is 4.92. The molecule has 1 N–H and O–H groups in total. The van der Waals surface area contributed by atoms with Crippen molar-refractivity contribution in [3.8, 4) is 0 Å². The molecule has 4 aromatic rings. The van der Waals surface area contributed by atoms with Gasteiger partial charge in [0.05, 0.1) is 28.9 Å². The van der Waals surface area contributed by atoms with Gasteiger partial charge in [0.1, 0.15) is 11.8 Å². The number of aryl methyl sites for hydroxylation is 1. The van der Waals surface area contributed by atoms with Gasteiger partial charge in [-0.1, -0.05) is 17.3 Å². The molecular weight excluding hydrogens is 454 g/mol. The second kappa shape index (κ2) is 7.94. The fourth-order valence-electron chi connectivity index (χ4n) is 3.23. The molecule has 0 fully saturated rings. The van der Waals surface area contributed by atoms with Crippen molar-refractivity contribution >= 4 is 22.6 Å². The number of aromatic nitrogens is 3. The highest BCUT2D eigenvalue weighted by molar-refractivity contribution is 6.08. The zero-order chi connectivity index (χ0) is 24.0. The molecule has 0 unspecified atom stereocenters. The summed E-state index contributed by atoms with van der Waals surface area (Å²) in [7, 11) is 0. The molecule has 4 rings (SSSR count). The lowest BCUT2D eigenvalue weighted by atomic mass is 10.1. The van der Waals surface area contributed by atoms with Crippen molar-refractivity contribution in [3.05, 3.63) is 76.7 Å². The van der Waals surface area contributed by atoms with Crippen LogP contribution in [-0.4, -0.2) is 20.8 Å². The molecule has 2 aromatic carbocycles. The van der Waals surface area contributed by atoms with E-state index >= 15 is 0 Å². The number of halogens is 6. The van der Waals surface area contributed by atoms with Crippen molar-refractivity contribution in [1.29, 1.82) is 0 Å². The fraction of sp³-hybridized carbons (Fsp3) is 0.190. The van der Waals surface area contributed by atoms with Gasteiger partial charge in [0.25, 0.3) is 5.91 Å². The van der Waals surface area contributed by atoms with E-state index in [9.17, 15) is 31.1 Å². The summed E-state index contributed by atoms with van der Waals surface area (Å²) >= 11 is 0. The summed E-state index contributed by atoms with van der Waals surface area (Å²) in [5.41, 5.74) is -0.742. The SMILES string of the molecule is Cc1nocc1C(=O)Nc1nn(Cc2ccc(C(F)(F)F)cc2)c2ccc(C(F)(F)F)cc12. The van der Waals surface area contributed by atoms with Gasteiger partial charge < -0.3 is 9.84 Å². The molecule has 0 atom stereocenters. The van der Waals surface area contributed by atoms with Gasteiger partial charge in [-0.05, 0) is 42.8 Å². The highest BCUT2D eigenvalue weighted by Gasteiger charge is 2.32. The second-order valence-electron chi connectivity index (χ2n) is 7.20. The fourth-order valence-corrected chi connectivity index (χ4v) is 3.23. The first kappa shape index (κ1) is 22.4.